The van der Waals surface area contributed by atoms with Crippen LogP contribution in [0.2, 0.25) is 0 Å². The fraction of sp³-hybridized carbons (Fsp3) is 1.00. The van der Waals surface area contributed by atoms with Crippen molar-refractivity contribution in [3.63, 3.8) is 0 Å². The zero-order chi connectivity index (χ0) is 9.49. The van der Waals surface area contributed by atoms with E-state index in [0.717, 1.165) is 13.3 Å². The van der Waals surface area contributed by atoms with Gasteiger partial charge in [0.2, 0.25) is 5.92 Å². The molecule has 0 heterocycles. The number of rotatable bonds is 3. The van der Waals surface area contributed by atoms with Crippen molar-refractivity contribution in [2.45, 2.75) is 53.4 Å². The first-order valence-corrected chi connectivity index (χ1v) is 4.33. The Hall–Kier alpha value is -0.140. The van der Waals surface area contributed by atoms with Crippen LogP contribution in [0.25, 0.3) is 0 Å². The Labute approximate surface area is 69.0 Å². The van der Waals surface area contributed by atoms with Crippen molar-refractivity contribution in [3.05, 3.63) is 0 Å². The monoisotopic (exact) mass is 166 g/mol. The highest BCUT2D eigenvalue weighted by atomic mass is 19.3. The van der Waals surface area contributed by atoms with Crippen LogP contribution in [0.4, 0.5) is 8.78 Å². The third kappa shape index (κ3) is 12.9. The fourth-order valence-corrected chi connectivity index (χ4v) is 0.756. The van der Waals surface area contributed by atoms with Crippen LogP contribution in [0.3, 0.4) is 0 Å². The molecule has 11 heavy (non-hydrogen) atoms. The highest BCUT2D eigenvalue weighted by Gasteiger charge is 2.22. The average Bonchev–Trinajstić information content (AvgIpc) is 1.89. The molecule has 0 rings (SSSR count). The molecule has 0 aliphatic heterocycles. The summed E-state index contributed by atoms with van der Waals surface area (Å²) in [5.41, 5.74) is 0. The third-order valence-corrected chi connectivity index (χ3v) is 1.40. The van der Waals surface area contributed by atoms with Gasteiger partial charge in [-0.2, -0.15) is 0 Å². The van der Waals surface area contributed by atoms with E-state index in [9.17, 15) is 8.78 Å². The van der Waals surface area contributed by atoms with Gasteiger partial charge < -0.3 is 0 Å². The summed E-state index contributed by atoms with van der Waals surface area (Å²) in [6, 6.07) is 0. The molecule has 0 aliphatic rings. The Morgan fingerprint density at radius 1 is 1.27 bits per heavy atom. The lowest BCUT2D eigenvalue weighted by molar-refractivity contribution is -0.00166. The summed E-state index contributed by atoms with van der Waals surface area (Å²) in [7, 11) is 0. The number of hydrogen-bond acceptors (Lipinski definition) is 0. The van der Waals surface area contributed by atoms with Gasteiger partial charge in [0.1, 0.15) is 0 Å². The average molecular weight is 166 g/mol. The Morgan fingerprint density at radius 3 is 1.73 bits per heavy atom. The summed E-state index contributed by atoms with van der Waals surface area (Å²) in [5, 5.41) is 0. The summed E-state index contributed by atoms with van der Waals surface area (Å²) >= 11 is 0. The molecule has 1 atom stereocenters. The fourth-order valence-electron chi connectivity index (χ4n) is 0.756. The molecule has 0 aromatic heterocycles. The topological polar surface area (TPSA) is 0 Å². The molecule has 0 fully saturated rings. The molecule has 0 bridgehead atoms. The zero-order valence-electron chi connectivity index (χ0n) is 8.25. The van der Waals surface area contributed by atoms with Gasteiger partial charge in [-0.1, -0.05) is 34.1 Å². The first kappa shape index (κ1) is 13.4. The van der Waals surface area contributed by atoms with Gasteiger partial charge in [-0.05, 0) is 12.8 Å². The molecule has 0 spiro atoms. The van der Waals surface area contributed by atoms with Gasteiger partial charge in [0.05, 0.1) is 0 Å². The minimum absolute atomic E-state index is 0.0174. The maximum atomic E-state index is 12.2. The molecule has 0 amide bonds. The van der Waals surface area contributed by atoms with Crippen molar-refractivity contribution in [1.82, 2.24) is 0 Å². The van der Waals surface area contributed by atoms with Crippen molar-refractivity contribution >= 4 is 0 Å². The van der Waals surface area contributed by atoms with Gasteiger partial charge >= 0.3 is 0 Å². The Bertz CT molecular complexity index is 74.1. The van der Waals surface area contributed by atoms with Gasteiger partial charge in [0.15, 0.2) is 0 Å². The summed E-state index contributed by atoms with van der Waals surface area (Å²) in [6.07, 6.45) is 0.854. The molecule has 0 radical (unpaired) electrons. The van der Waals surface area contributed by atoms with Crippen molar-refractivity contribution in [2.75, 3.05) is 0 Å². The molecule has 0 nitrogen and oxygen atoms in total. The second kappa shape index (κ2) is 6.56. The lowest BCUT2D eigenvalue weighted by Gasteiger charge is -2.13. The molecular formula is C9H20F2. The molecule has 2 heteroatoms. The molecule has 0 aromatic rings. The van der Waals surface area contributed by atoms with E-state index in [2.05, 4.69) is 0 Å². The maximum absolute atomic E-state index is 12.2. The van der Waals surface area contributed by atoms with E-state index in [1.807, 2.05) is 27.7 Å². The predicted octanol–water partition coefficient (Wildman–Crippen LogP) is 4.10. The predicted molar refractivity (Wildman–Crippen MR) is 46.0 cm³/mol. The van der Waals surface area contributed by atoms with Crippen LogP contribution in [-0.4, -0.2) is 5.92 Å². The van der Waals surface area contributed by atoms with E-state index < -0.39 is 5.92 Å². The molecule has 0 saturated heterocycles. The van der Waals surface area contributed by atoms with Crippen LogP contribution < -0.4 is 0 Å². The highest BCUT2D eigenvalue weighted by Crippen LogP contribution is 2.23. The van der Waals surface area contributed by atoms with Crippen molar-refractivity contribution in [2.24, 2.45) is 5.92 Å². The smallest absolute Gasteiger partial charge is 0.207 e. The maximum Gasteiger partial charge on any atom is 0.245 e. The first-order chi connectivity index (χ1) is 4.95. The van der Waals surface area contributed by atoms with Gasteiger partial charge in [-0.3, -0.25) is 0 Å². The Kier molecular flexibility index (Phi) is 8.02. The van der Waals surface area contributed by atoms with Crippen molar-refractivity contribution in [1.29, 1.82) is 0 Å². The Balaban J connectivity index is 0. The third-order valence-electron chi connectivity index (χ3n) is 1.40. The zero-order valence-corrected chi connectivity index (χ0v) is 8.25. The number of halogens is 2. The second-order valence-electron chi connectivity index (χ2n) is 2.79. The van der Waals surface area contributed by atoms with Crippen LogP contribution in [0.5, 0.6) is 0 Å². The number of hydrogen-bond donors (Lipinski definition) is 0. The molecule has 0 aromatic carbocycles. The van der Waals surface area contributed by atoms with E-state index in [-0.39, 0.29) is 12.3 Å². The van der Waals surface area contributed by atoms with Crippen LogP contribution in [-0.2, 0) is 0 Å². The quantitative estimate of drug-likeness (QED) is 0.592. The standard InChI is InChI=1S/C7H14F2.C2H6/c1-4-6(2)5-7(3,8)9;1-2/h6H,4-5H2,1-3H3;1-2H3. The largest absolute Gasteiger partial charge is 0.245 e. The summed E-state index contributed by atoms with van der Waals surface area (Å²) in [4.78, 5) is 0. The van der Waals surface area contributed by atoms with Gasteiger partial charge in [0, 0.05) is 6.42 Å². The van der Waals surface area contributed by atoms with Crippen molar-refractivity contribution in [3.8, 4) is 0 Å². The van der Waals surface area contributed by atoms with E-state index in [1.54, 1.807) is 0 Å². The van der Waals surface area contributed by atoms with Gasteiger partial charge in [-0.25, -0.2) is 8.78 Å². The molecule has 0 aliphatic carbocycles. The second-order valence-corrected chi connectivity index (χ2v) is 2.79. The summed E-state index contributed by atoms with van der Waals surface area (Å²) in [5.74, 6) is -2.33. The minimum atomic E-state index is -2.48. The van der Waals surface area contributed by atoms with Crippen LogP contribution in [0, 0.1) is 5.92 Å². The van der Waals surface area contributed by atoms with Crippen molar-refractivity contribution < 1.29 is 8.78 Å². The molecule has 70 valence electrons. The summed E-state index contributed by atoms with van der Waals surface area (Å²) < 4.78 is 24.3. The first-order valence-electron chi connectivity index (χ1n) is 4.33. The van der Waals surface area contributed by atoms with E-state index in [1.165, 1.54) is 0 Å². The van der Waals surface area contributed by atoms with E-state index in [4.69, 9.17) is 0 Å². The SMILES string of the molecule is CC.CCC(C)CC(C)(F)F. The Morgan fingerprint density at radius 2 is 1.64 bits per heavy atom. The van der Waals surface area contributed by atoms with Crippen LogP contribution in [0.15, 0.2) is 0 Å². The van der Waals surface area contributed by atoms with Crippen LogP contribution >= 0.6 is 0 Å². The molecule has 0 N–H and O–H groups in total. The van der Waals surface area contributed by atoms with E-state index >= 15 is 0 Å². The van der Waals surface area contributed by atoms with Gasteiger partial charge in [-0.15, -0.1) is 0 Å². The van der Waals surface area contributed by atoms with Gasteiger partial charge in [0.25, 0.3) is 0 Å². The normalized spacial score (nSPS) is 13.4. The molecule has 1 unspecified atom stereocenters. The minimum Gasteiger partial charge on any atom is -0.207 e. The lowest BCUT2D eigenvalue weighted by Crippen LogP contribution is -2.13. The van der Waals surface area contributed by atoms with Crippen LogP contribution in [0.1, 0.15) is 47.5 Å². The lowest BCUT2D eigenvalue weighted by atomic mass is 10.0. The molecule has 0 saturated carbocycles. The number of alkyl halides is 2. The summed E-state index contributed by atoms with van der Waals surface area (Å²) in [6.45, 7) is 8.74. The molecular weight excluding hydrogens is 146 g/mol. The van der Waals surface area contributed by atoms with E-state index in [0.29, 0.717) is 0 Å². The highest BCUT2D eigenvalue weighted by molar-refractivity contribution is 4.62.